The van der Waals surface area contributed by atoms with Crippen LogP contribution in [0.5, 0.6) is 0 Å². The second kappa shape index (κ2) is 8.61. The number of fused-ring (bicyclic) bond motifs is 1. The number of hydrogen-bond donors (Lipinski definition) is 1. The van der Waals surface area contributed by atoms with E-state index in [-0.39, 0.29) is 5.41 Å². The molecule has 0 unspecified atom stereocenters. The molecule has 0 saturated carbocycles. The molecule has 2 heterocycles. The van der Waals surface area contributed by atoms with Crippen LogP contribution in [-0.2, 0) is 0 Å². The minimum atomic E-state index is 0.266. The Kier molecular flexibility index (Phi) is 6.51. The lowest BCUT2D eigenvalue weighted by molar-refractivity contribution is 0.434. The monoisotopic (exact) mass is 347 g/mol. The summed E-state index contributed by atoms with van der Waals surface area (Å²) in [5, 5.41) is 1.25. The summed E-state index contributed by atoms with van der Waals surface area (Å²) in [7, 11) is 1.88. The largest absolute Gasteiger partial charge is 0.361 e. The van der Waals surface area contributed by atoms with Crippen molar-refractivity contribution < 1.29 is 0 Å². The fraction of sp³-hybridized carbons (Fsp3) is 0.304. The Morgan fingerprint density at radius 2 is 1.77 bits per heavy atom. The van der Waals surface area contributed by atoms with Crippen molar-refractivity contribution in [1.29, 1.82) is 0 Å². The van der Waals surface area contributed by atoms with Gasteiger partial charge in [0, 0.05) is 42.3 Å². The van der Waals surface area contributed by atoms with E-state index in [1.54, 1.807) is 12.4 Å². The molecule has 0 amide bonds. The van der Waals surface area contributed by atoms with Crippen molar-refractivity contribution in [1.82, 2.24) is 9.97 Å². The SMILES string of the molecule is C=C(C)c1ccncc1.CN=C(CC(C)(C)C)c1ccc2[nH]ccc2c1. The topological polar surface area (TPSA) is 41.0 Å². The molecule has 3 rings (SSSR count). The van der Waals surface area contributed by atoms with Crippen LogP contribution >= 0.6 is 0 Å². The van der Waals surface area contributed by atoms with Crippen LogP contribution in [0.2, 0.25) is 0 Å². The lowest BCUT2D eigenvalue weighted by atomic mass is 9.87. The predicted molar refractivity (Wildman–Crippen MR) is 114 cm³/mol. The molecule has 2 aromatic heterocycles. The van der Waals surface area contributed by atoms with E-state index in [1.165, 1.54) is 22.2 Å². The standard InChI is InChI=1S/C15H20N2.C8H9N/c1-15(2,3)10-14(16-4)11-5-6-13-12(9-11)7-8-17-13;1-7(2)8-3-5-9-6-4-8/h5-9,17H,10H2,1-4H3;3-6H,1H2,2H3. The molecule has 3 nitrogen and oxygen atoms in total. The Balaban J connectivity index is 0.000000228. The fourth-order valence-corrected chi connectivity index (χ4v) is 2.68. The van der Waals surface area contributed by atoms with Gasteiger partial charge in [0.1, 0.15) is 0 Å². The molecule has 0 spiro atoms. The Morgan fingerprint density at radius 1 is 1.08 bits per heavy atom. The molecule has 1 N–H and O–H groups in total. The van der Waals surface area contributed by atoms with Crippen LogP contribution in [0.25, 0.3) is 16.5 Å². The third kappa shape index (κ3) is 5.69. The number of rotatable bonds is 3. The Labute approximate surface area is 156 Å². The van der Waals surface area contributed by atoms with Gasteiger partial charge in [0.25, 0.3) is 0 Å². The van der Waals surface area contributed by atoms with E-state index < -0.39 is 0 Å². The van der Waals surface area contributed by atoms with Gasteiger partial charge in [0.05, 0.1) is 0 Å². The van der Waals surface area contributed by atoms with Crippen LogP contribution in [0.3, 0.4) is 0 Å². The zero-order chi connectivity index (χ0) is 19.2. The second-order valence-electron chi connectivity index (χ2n) is 7.70. The highest BCUT2D eigenvalue weighted by Gasteiger charge is 2.15. The van der Waals surface area contributed by atoms with Gasteiger partial charge in [-0.1, -0.05) is 39.0 Å². The lowest BCUT2D eigenvalue weighted by Gasteiger charge is -2.19. The number of pyridine rings is 1. The minimum absolute atomic E-state index is 0.266. The summed E-state index contributed by atoms with van der Waals surface area (Å²) in [6, 6.07) is 12.5. The van der Waals surface area contributed by atoms with Gasteiger partial charge < -0.3 is 4.98 Å². The van der Waals surface area contributed by atoms with Crippen LogP contribution < -0.4 is 0 Å². The van der Waals surface area contributed by atoms with Crippen molar-refractivity contribution in [2.45, 2.75) is 34.1 Å². The quantitative estimate of drug-likeness (QED) is 0.568. The lowest BCUT2D eigenvalue weighted by Crippen LogP contribution is -2.14. The number of aromatic amines is 1. The van der Waals surface area contributed by atoms with Gasteiger partial charge >= 0.3 is 0 Å². The maximum atomic E-state index is 4.44. The molecule has 0 aliphatic rings. The Bertz CT molecular complexity index is 880. The van der Waals surface area contributed by atoms with Gasteiger partial charge in [-0.25, -0.2) is 0 Å². The van der Waals surface area contributed by atoms with E-state index in [0.717, 1.165) is 17.6 Å². The van der Waals surface area contributed by atoms with Crippen LogP contribution in [0.15, 0.2) is 66.6 Å². The number of aliphatic imine (C=N–C) groups is 1. The van der Waals surface area contributed by atoms with Crippen molar-refractivity contribution in [3.8, 4) is 0 Å². The maximum absolute atomic E-state index is 4.44. The Hall–Kier alpha value is -2.68. The summed E-state index contributed by atoms with van der Waals surface area (Å²) in [6.07, 6.45) is 6.51. The second-order valence-corrected chi connectivity index (χ2v) is 7.70. The zero-order valence-electron chi connectivity index (χ0n) is 16.5. The highest BCUT2D eigenvalue weighted by molar-refractivity contribution is 6.03. The molecule has 0 radical (unpaired) electrons. The summed E-state index contributed by atoms with van der Waals surface area (Å²) in [6.45, 7) is 12.5. The number of H-pyrrole nitrogens is 1. The third-order valence-corrected chi connectivity index (χ3v) is 4.03. The molecule has 3 heteroatoms. The maximum Gasteiger partial charge on any atom is 0.0454 e. The summed E-state index contributed by atoms with van der Waals surface area (Å²) >= 11 is 0. The summed E-state index contributed by atoms with van der Waals surface area (Å²) in [5.74, 6) is 0. The molecule has 26 heavy (non-hydrogen) atoms. The first kappa shape index (κ1) is 19.6. The van der Waals surface area contributed by atoms with E-state index in [9.17, 15) is 0 Å². The number of hydrogen-bond acceptors (Lipinski definition) is 2. The molecular formula is C23H29N3. The number of allylic oxidation sites excluding steroid dienone is 1. The van der Waals surface area contributed by atoms with Crippen LogP contribution in [0, 0.1) is 5.41 Å². The summed E-state index contributed by atoms with van der Waals surface area (Å²) < 4.78 is 0. The van der Waals surface area contributed by atoms with Crippen LogP contribution in [-0.4, -0.2) is 22.7 Å². The molecule has 3 aromatic rings. The van der Waals surface area contributed by atoms with Gasteiger partial charge in [0.2, 0.25) is 0 Å². The zero-order valence-corrected chi connectivity index (χ0v) is 16.5. The van der Waals surface area contributed by atoms with Gasteiger partial charge in [-0.15, -0.1) is 0 Å². The number of nitrogens with zero attached hydrogens (tertiary/aromatic N) is 2. The predicted octanol–water partition coefficient (Wildman–Crippen LogP) is 6.14. The first-order chi connectivity index (χ1) is 12.3. The normalized spacial score (nSPS) is 11.8. The molecule has 0 fully saturated rings. The average molecular weight is 348 g/mol. The molecule has 0 atom stereocenters. The third-order valence-electron chi connectivity index (χ3n) is 4.03. The molecule has 0 saturated heterocycles. The highest BCUT2D eigenvalue weighted by Crippen LogP contribution is 2.23. The van der Waals surface area contributed by atoms with Gasteiger partial charge in [0.15, 0.2) is 0 Å². The minimum Gasteiger partial charge on any atom is -0.361 e. The van der Waals surface area contributed by atoms with Gasteiger partial charge in [-0.3, -0.25) is 9.98 Å². The summed E-state index contributed by atoms with van der Waals surface area (Å²) in [5.41, 5.74) is 6.10. The van der Waals surface area contributed by atoms with E-state index >= 15 is 0 Å². The smallest absolute Gasteiger partial charge is 0.0454 e. The molecule has 136 valence electrons. The average Bonchev–Trinajstić information content (AvgIpc) is 3.08. The summed E-state index contributed by atoms with van der Waals surface area (Å²) in [4.78, 5) is 11.5. The van der Waals surface area contributed by atoms with E-state index in [4.69, 9.17) is 0 Å². The van der Waals surface area contributed by atoms with E-state index in [2.05, 4.69) is 66.6 Å². The first-order valence-electron chi connectivity index (χ1n) is 8.89. The molecular weight excluding hydrogens is 318 g/mol. The van der Waals surface area contributed by atoms with Gasteiger partial charge in [-0.05, 0) is 60.2 Å². The first-order valence-corrected chi connectivity index (χ1v) is 8.89. The number of benzene rings is 1. The fourth-order valence-electron chi connectivity index (χ4n) is 2.68. The molecule has 0 bridgehead atoms. The van der Waals surface area contributed by atoms with Crippen LogP contribution in [0.1, 0.15) is 45.2 Å². The van der Waals surface area contributed by atoms with Crippen molar-refractivity contribution >= 4 is 22.2 Å². The van der Waals surface area contributed by atoms with Crippen LogP contribution in [0.4, 0.5) is 0 Å². The number of aromatic nitrogens is 2. The van der Waals surface area contributed by atoms with E-state index in [0.29, 0.717) is 0 Å². The molecule has 0 aliphatic heterocycles. The van der Waals surface area contributed by atoms with Crippen molar-refractivity contribution in [3.05, 3.63) is 72.7 Å². The molecule has 0 aliphatic carbocycles. The van der Waals surface area contributed by atoms with Gasteiger partial charge in [-0.2, -0.15) is 0 Å². The molecule has 1 aromatic carbocycles. The van der Waals surface area contributed by atoms with Crippen molar-refractivity contribution in [2.75, 3.05) is 7.05 Å². The Morgan fingerprint density at radius 3 is 2.31 bits per heavy atom. The van der Waals surface area contributed by atoms with E-state index in [1.807, 2.05) is 32.3 Å². The van der Waals surface area contributed by atoms with Crippen molar-refractivity contribution in [3.63, 3.8) is 0 Å². The van der Waals surface area contributed by atoms with Crippen molar-refractivity contribution in [2.24, 2.45) is 10.4 Å². The highest BCUT2D eigenvalue weighted by atomic mass is 14.7. The number of nitrogens with one attached hydrogen (secondary N) is 1.